The Morgan fingerprint density at radius 1 is 1.32 bits per heavy atom. The summed E-state index contributed by atoms with van der Waals surface area (Å²) < 4.78 is 38.3. The van der Waals surface area contributed by atoms with Gasteiger partial charge in [0.25, 0.3) is 0 Å². The Bertz CT molecular complexity index is 447. The van der Waals surface area contributed by atoms with Crippen molar-refractivity contribution in [1.82, 2.24) is 0 Å². The lowest BCUT2D eigenvalue weighted by atomic mass is 9.75. The molecule has 0 amide bonds. The van der Waals surface area contributed by atoms with Crippen molar-refractivity contribution in [2.45, 2.75) is 43.9 Å². The molecule has 0 heterocycles. The van der Waals surface area contributed by atoms with Gasteiger partial charge in [0.15, 0.2) is 0 Å². The van der Waals surface area contributed by atoms with Gasteiger partial charge in [-0.05, 0) is 37.3 Å². The zero-order chi connectivity index (χ0) is 14.1. The molecule has 0 spiro atoms. The van der Waals surface area contributed by atoms with Gasteiger partial charge in [-0.2, -0.15) is 13.2 Å². The molecule has 1 nitrogen and oxygen atoms in total. The molecule has 1 fully saturated rings. The van der Waals surface area contributed by atoms with Crippen LogP contribution < -0.4 is 0 Å². The molecule has 106 valence electrons. The van der Waals surface area contributed by atoms with Gasteiger partial charge in [-0.1, -0.05) is 29.8 Å². The van der Waals surface area contributed by atoms with Gasteiger partial charge in [0.2, 0.25) is 0 Å². The summed E-state index contributed by atoms with van der Waals surface area (Å²) in [4.78, 5) is 0. The van der Waals surface area contributed by atoms with E-state index in [9.17, 15) is 18.3 Å². The fourth-order valence-corrected chi connectivity index (χ4v) is 2.98. The Morgan fingerprint density at radius 2 is 2.00 bits per heavy atom. The Labute approximate surface area is 115 Å². The molecule has 1 aromatic carbocycles. The molecule has 5 heteroatoms. The van der Waals surface area contributed by atoms with E-state index in [0.29, 0.717) is 23.4 Å². The van der Waals surface area contributed by atoms with Crippen molar-refractivity contribution in [1.29, 1.82) is 0 Å². The molecular weight excluding hydrogens is 277 g/mol. The number of aliphatic hydroxyl groups is 1. The first kappa shape index (κ1) is 14.7. The first-order valence-electron chi connectivity index (χ1n) is 6.33. The quantitative estimate of drug-likeness (QED) is 0.858. The second-order valence-electron chi connectivity index (χ2n) is 5.33. The van der Waals surface area contributed by atoms with Gasteiger partial charge in [-0.25, -0.2) is 0 Å². The van der Waals surface area contributed by atoms with Crippen molar-refractivity contribution in [3.63, 3.8) is 0 Å². The van der Waals surface area contributed by atoms with Gasteiger partial charge in [0, 0.05) is 11.4 Å². The largest absolute Gasteiger partial charge is 0.391 e. The molecule has 1 aliphatic rings. The number of alkyl halides is 3. The van der Waals surface area contributed by atoms with E-state index in [1.807, 2.05) is 0 Å². The Balaban J connectivity index is 2.12. The van der Waals surface area contributed by atoms with Crippen LogP contribution in [-0.2, 0) is 6.42 Å². The number of hydrogen-bond acceptors (Lipinski definition) is 1. The smallest absolute Gasteiger partial charge is 0.390 e. The minimum Gasteiger partial charge on any atom is -0.390 e. The molecular formula is C14H16ClF3O. The maximum Gasteiger partial charge on any atom is 0.391 e. The molecule has 2 unspecified atom stereocenters. The Kier molecular flexibility index (Phi) is 4.11. The van der Waals surface area contributed by atoms with Crippen LogP contribution in [0, 0.1) is 5.92 Å². The highest BCUT2D eigenvalue weighted by Gasteiger charge is 2.46. The van der Waals surface area contributed by atoms with Crippen molar-refractivity contribution < 1.29 is 18.3 Å². The second-order valence-corrected chi connectivity index (χ2v) is 5.73. The van der Waals surface area contributed by atoms with Gasteiger partial charge in [-0.3, -0.25) is 0 Å². The van der Waals surface area contributed by atoms with E-state index in [1.54, 1.807) is 24.3 Å². The zero-order valence-corrected chi connectivity index (χ0v) is 11.1. The lowest BCUT2D eigenvalue weighted by Crippen LogP contribution is -2.41. The summed E-state index contributed by atoms with van der Waals surface area (Å²) in [6.07, 6.45) is -3.39. The van der Waals surface area contributed by atoms with Crippen LogP contribution in [0.4, 0.5) is 13.2 Å². The summed E-state index contributed by atoms with van der Waals surface area (Å²) in [6.45, 7) is 0. The van der Waals surface area contributed by atoms with E-state index in [0.717, 1.165) is 0 Å². The number of hydrogen-bond donors (Lipinski definition) is 1. The van der Waals surface area contributed by atoms with Crippen LogP contribution in [0.5, 0.6) is 0 Å². The van der Waals surface area contributed by atoms with Crippen molar-refractivity contribution in [3.05, 3.63) is 34.9 Å². The maximum absolute atomic E-state index is 12.8. The molecule has 0 radical (unpaired) electrons. The van der Waals surface area contributed by atoms with Gasteiger partial charge >= 0.3 is 6.18 Å². The molecule has 0 saturated heterocycles. The predicted octanol–water partition coefficient (Wildman–Crippen LogP) is 4.37. The van der Waals surface area contributed by atoms with E-state index in [1.165, 1.54) is 0 Å². The SMILES string of the molecule is OC1(Cc2ccccc2Cl)CCCC(C(F)(F)F)C1. The van der Waals surface area contributed by atoms with E-state index < -0.39 is 17.7 Å². The maximum atomic E-state index is 12.8. The minimum absolute atomic E-state index is 0.105. The Morgan fingerprint density at radius 3 is 2.63 bits per heavy atom. The van der Waals surface area contributed by atoms with Crippen LogP contribution in [0.3, 0.4) is 0 Å². The summed E-state index contributed by atoms with van der Waals surface area (Å²) in [7, 11) is 0. The first-order chi connectivity index (χ1) is 8.80. The third-order valence-corrected chi connectivity index (χ3v) is 4.13. The van der Waals surface area contributed by atoms with Crippen molar-refractivity contribution in [2.75, 3.05) is 0 Å². The number of benzene rings is 1. The van der Waals surface area contributed by atoms with Crippen LogP contribution in [0.2, 0.25) is 5.02 Å². The van der Waals surface area contributed by atoms with Gasteiger partial charge in [-0.15, -0.1) is 0 Å². The van der Waals surface area contributed by atoms with Gasteiger partial charge in [0.05, 0.1) is 11.5 Å². The highest BCUT2D eigenvalue weighted by atomic mass is 35.5. The first-order valence-corrected chi connectivity index (χ1v) is 6.70. The molecule has 0 aliphatic heterocycles. The molecule has 1 aromatic rings. The molecule has 1 N–H and O–H groups in total. The third kappa shape index (κ3) is 3.63. The lowest BCUT2D eigenvalue weighted by Gasteiger charge is -2.37. The van der Waals surface area contributed by atoms with E-state index >= 15 is 0 Å². The zero-order valence-electron chi connectivity index (χ0n) is 10.4. The van der Waals surface area contributed by atoms with E-state index in [4.69, 9.17) is 11.6 Å². The average molecular weight is 293 g/mol. The normalized spacial score (nSPS) is 28.4. The van der Waals surface area contributed by atoms with E-state index in [2.05, 4.69) is 0 Å². The van der Waals surface area contributed by atoms with Crippen LogP contribution >= 0.6 is 11.6 Å². The molecule has 19 heavy (non-hydrogen) atoms. The summed E-state index contributed by atoms with van der Waals surface area (Å²) >= 11 is 6.00. The van der Waals surface area contributed by atoms with Crippen molar-refractivity contribution in [2.24, 2.45) is 5.92 Å². The molecule has 0 aromatic heterocycles. The number of halogens is 4. The summed E-state index contributed by atoms with van der Waals surface area (Å²) in [6, 6.07) is 6.96. The van der Waals surface area contributed by atoms with E-state index in [-0.39, 0.29) is 19.3 Å². The average Bonchev–Trinajstić information content (AvgIpc) is 2.31. The minimum atomic E-state index is -4.23. The summed E-state index contributed by atoms with van der Waals surface area (Å²) in [5.41, 5.74) is -0.599. The Hall–Kier alpha value is -0.740. The van der Waals surface area contributed by atoms with Crippen molar-refractivity contribution in [3.8, 4) is 0 Å². The highest BCUT2D eigenvalue weighted by Crippen LogP contribution is 2.43. The lowest BCUT2D eigenvalue weighted by molar-refractivity contribution is -0.200. The fourth-order valence-electron chi connectivity index (χ4n) is 2.78. The summed E-state index contributed by atoms with van der Waals surface area (Å²) in [5, 5.41) is 10.9. The van der Waals surface area contributed by atoms with Crippen LogP contribution in [0.1, 0.15) is 31.2 Å². The second kappa shape index (κ2) is 5.33. The topological polar surface area (TPSA) is 20.2 Å². The van der Waals surface area contributed by atoms with Crippen LogP contribution in [-0.4, -0.2) is 16.9 Å². The van der Waals surface area contributed by atoms with Crippen LogP contribution in [0.15, 0.2) is 24.3 Å². The van der Waals surface area contributed by atoms with Crippen LogP contribution in [0.25, 0.3) is 0 Å². The number of rotatable bonds is 2. The van der Waals surface area contributed by atoms with Gasteiger partial charge < -0.3 is 5.11 Å². The molecule has 1 aliphatic carbocycles. The molecule has 2 atom stereocenters. The van der Waals surface area contributed by atoms with Gasteiger partial charge in [0.1, 0.15) is 0 Å². The monoisotopic (exact) mass is 292 g/mol. The molecule has 0 bridgehead atoms. The summed E-state index contributed by atoms with van der Waals surface area (Å²) in [5.74, 6) is -1.41. The molecule has 2 rings (SSSR count). The highest BCUT2D eigenvalue weighted by molar-refractivity contribution is 6.31. The van der Waals surface area contributed by atoms with Crippen molar-refractivity contribution >= 4 is 11.6 Å². The standard InChI is InChI=1S/C14H16ClF3O/c15-12-6-2-1-4-10(12)8-13(19)7-3-5-11(9-13)14(16,17)18/h1-2,4,6,11,19H,3,5,7-9H2. The fraction of sp³-hybridized carbons (Fsp3) is 0.571. The predicted molar refractivity (Wildman–Crippen MR) is 68.1 cm³/mol. The third-order valence-electron chi connectivity index (χ3n) is 3.76. The molecule has 1 saturated carbocycles.